The Morgan fingerprint density at radius 3 is 2.50 bits per heavy atom. The number of halogens is 1. The molecule has 0 radical (unpaired) electrons. The normalized spacial score (nSPS) is 11.8. The first-order valence-electron chi connectivity index (χ1n) is 6.19. The number of thiophene rings is 1. The minimum Gasteiger partial charge on any atom is -0.211 e. The Morgan fingerprint density at radius 1 is 1.15 bits per heavy atom. The fourth-order valence-corrected chi connectivity index (χ4v) is 4.36. The Morgan fingerprint density at radius 2 is 1.90 bits per heavy atom. The van der Waals surface area contributed by atoms with Crippen LogP contribution in [-0.2, 0) is 16.4 Å². The van der Waals surface area contributed by atoms with E-state index in [1.807, 2.05) is 32.0 Å². The van der Waals surface area contributed by atoms with Gasteiger partial charge >= 0.3 is 0 Å². The van der Waals surface area contributed by atoms with Gasteiger partial charge in [-0.25, -0.2) is 13.1 Å². The molecule has 1 aromatic heterocycles. The molecule has 0 aliphatic rings. The van der Waals surface area contributed by atoms with Crippen LogP contribution in [0.25, 0.3) is 0 Å². The second kappa shape index (κ2) is 6.39. The van der Waals surface area contributed by atoms with Gasteiger partial charge in [-0.1, -0.05) is 6.07 Å². The molecule has 3 nitrogen and oxygen atoms in total. The molecule has 0 saturated carbocycles. The van der Waals surface area contributed by atoms with E-state index < -0.39 is 10.0 Å². The number of benzene rings is 1. The Labute approximate surface area is 132 Å². The second-order valence-corrected chi connectivity index (χ2v) is 8.91. The topological polar surface area (TPSA) is 46.2 Å². The van der Waals surface area contributed by atoms with Crippen LogP contribution < -0.4 is 4.72 Å². The Hall–Kier alpha value is -0.690. The van der Waals surface area contributed by atoms with Gasteiger partial charge in [-0.3, -0.25) is 0 Å². The zero-order chi connectivity index (χ0) is 14.8. The maximum absolute atomic E-state index is 12.2. The number of nitrogens with one attached hydrogen (secondary N) is 1. The minimum atomic E-state index is -3.42. The maximum Gasteiger partial charge on any atom is 0.240 e. The Bertz CT molecular complexity index is 708. The van der Waals surface area contributed by atoms with Gasteiger partial charge in [0.2, 0.25) is 10.0 Å². The molecule has 0 aliphatic carbocycles. The molecule has 1 N–H and O–H groups in total. The molecule has 0 aliphatic heterocycles. The van der Waals surface area contributed by atoms with Gasteiger partial charge in [0.15, 0.2) is 0 Å². The second-order valence-electron chi connectivity index (χ2n) is 4.60. The third kappa shape index (κ3) is 3.91. The summed E-state index contributed by atoms with van der Waals surface area (Å²) in [6.45, 7) is 4.29. The van der Waals surface area contributed by atoms with Gasteiger partial charge in [0, 0.05) is 11.4 Å². The van der Waals surface area contributed by atoms with Crippen molar-refractivity contribution < 1.29 is 8.42 Å². The predicted molar refractivity (Wildman–Crippen MR) is 86.8 cm³/mol. The summed E-state index contributed by atoms with van der Waals surface area (Å²) in [4.78, 5) is 1.48. The van der Waals surface area contributed by atoms with Gasteiger partial charge in [0.05, 0.1) is 8.68 Å². The van der Waals surface area contributed by atoms with E-state index in [1.54, 1.807) is 23.5 Å². The van der Waals surface area contributed by atoms with Gasteiger partial charge in [-0.2, -0.15) is 0 Å². The highest BCUT2D eigenvalue weighted by atomic mass is 79.9. The fourth-order valence-electron chi connectivity index (χ4n) is 1.76. The van der Waals surface area contributed by atoms with Crippen molar-refractivity contribution in [2.24, 2.45) is 0 Å². The first kappa shape index (κ1) is 15.7. The third-order valence-corrected chi connectivity index (χ3v) is 6.22. The number of hydrogen-bond donors (Lipinski definition) is 1. The molecule has 20 heavy (non-hydrogen) atoms. The van der Waals surface area contributed by atoms with Crippen molar-refractivity contribution in [1.82, 2.24) is 4.72 Å². The van der Waals surface area contributed by atoms with Crippen molar-refractivity contribution in [3.63, 3.8) is 0 Å². The van der Waals surface area contributed by atoms with Gasteiger partial charge in [0.25, 0.3) is 0 Å². The largest absolute Gasteiger partial charge is 0.240 e. The molecule has 0 atom stereocenters. The van der Waals surface area contributed by atoms with Gasteiger partial charge in [0.1, 0.15) is 0 Å². The lowest BCUT2D eigenvalue weighted by atomic mass is 10.1. The standard InChI is InChI=1S/C14H16BrNO2S2/c1-10-3-5-13(9-11(10)2)20(17,18)16-8-7-12-4-6-14(15)19-12/h3-6,9,16H,7-8H2,1-2H3. The molecular formula is C14H16BrNO2S2. The first-order valence-corrected chi connectivity index (χ1v) is 9.29. The lowest BCUT2D eigenvalue weighted by Crippen LogP contribution is -2.25. The molecule has 1 heterocycles. The smallest absolute Gasteiger partial charge is 0.211 e. The van der Waals surface area contributed by atoms with E-state index in [0.29, 0.717) is 17.9 Å². The van der Waals surface area contributed by atoms with Crippen LogP contribution in [0.2, 0.25) is 0 Å². The Balaban J connectivity index is 2.02. The van der Waals surface area contributed by atoms with Crippen molar-refractivity contribution >= 4 is 37.3 Å². The van der Waals surface area contributed by atoms with Crippen LogP contribution >= 0.6 is 27.3 Å². The lowest BCUT2D eigenvalue weighted by Gasteiger charge is -2.08. The van der Waals surface area contributed by atoms with Crippen LogP contribution in [0.1, 0.15) is 16.0 Å². The van der Waals surface area contributed by atoms with Crippen LogP contribution in [0, 0.1) is 13.8 Å². The summed E-state index contributed by atoms with van der Waals surface area (Å²) in [7, 11) is -3.42. The van der Waals surface area contributed by atoms with Gasteiger partial charge in [-0.05, 0) is 71.6 Å². The quantitative estimate of drug-likeness (QED) is 0.869. The summed E-state index contributed by atoms with van der Waals surface area (Å²) in [6, 6.07) is 9.16. The molecule has 108 valence electrons. The average Bonchev–Trinajstić information content (AvgIpc) is 2.78. The van der Waals surface area contributed by atoms with Crippen LogP contribution in [0.15, 0.2) is 39.0 Å². The van der Waals surface area contributed by atoms with E-state index in [1.165, 1.54) is 0 Å². The van der Waals surface area contributed by atoms with E-state index in [-0.39, 0.29) is 0 Å². The summed E-state index contributed by atoms with van der Waals surface area (Å²) in [5.74, 6) is 0. The van der Waals surface area contributed by atoms with Crippen molar-refractivity contribution in [3.8, 4) is 0 Å². The van der Waals surface area contributed by atoms with E-state index in [0.717, 1.165) is 19.8 Å². The highest BCUT2D eigenvalue weighted by molar-refractivity contribution is 9.11. The minimum absolute atomic E-state index is 0.327. The number of sulfonamides is 1. The fraction of sp³-hybridized carbons (Fsp3) is 0.286. The average molecular weight is 374 g/mol. The van der Waals surface area contributed by atoms with E-state index in [2.05, 4.69) is 20.7 Å². The SMILES string of the molecule is Cc1ccc(S(=O)(=O)NCCc2ccc(Br)s2)cc1C. The summed E-state index contributed by atoms with van der Waals surface area (Å²) in [5, 5.41) is 0. The molecule has 0 spiro atoms. The third-order valence-electron chi connectivity index (χ3n) is 3.08. The van der Waals surface area contributed by atoms with Crippen LogP contribution in [0.4, 0.5) is 0 Å². The van der Waals surface area contributed by atoms with E-state index in [9.17, 15) is 8.42 Å². The van der Waals surface area contributed by atoms with Crippen molar-refractivity contribution in [2.45, 2.75) is 25.2 Å². The molecular weight excluding hydrogens is 358 g/mol. The number of hydrogen-bond acceptors (Lipinski definition) is 3. The van der Waals surface area contributed by atoms with Crippen LogP contribution in [0.3, 0.4) is 0 Å². The summed E-state index contributed by atoms with van der Waals surface area (Å²) in [5.41, 5.74) is 2.07. The van der Waals surface area contributed by atoms with Crippen molar-refractivity contribution in [2.75, 3.05) is 6.54 Å². The molecule has 0 unspecified atom stereocenters. The molecule has 0 bridgehead atoms. The number of rotatable bonds is 5. The monoisotopic (exact) mass is 373 g/mol. The maximum atomic E-state index is 12.2. The van der Waals surface area contributed by atoms with E-state index >= 15 is 0 Å². The predicted octanol–water partition coefficient (Wildman–Crippen LogP) is 3.65. The zero-order valence-corrected chi connectivity index (χ0v) is 14.5. The zero-order valence-electron chi connectivity index (χ0n) is 11.3. The van der Waals surface area contributed by atoms with Crippen LogP contribution in [-0.4, -0.2) is 15.0 Å². The molecule has 0 saturated heterocycles. The Kier molecular flexibility index (Phi) is 5.01. The highest BCUT2D eigenvalue weighted by Crippen LogP contribution is 2.22. The number of aryl methyl sites for hydroxylation is 2. The molecule has 2 aromatic rings. The summed E-state index contributed by atoms with van der Waals surface area (Å²) in [6.07, 6.45) is 0.695. The summed E-state index contributed by atoms with van der Waals surface area (Å²) < 4.78 is 28.1. The molecule has 0 fully saturated rings. The molecule has 6 heteroatoms. The van der Waals surface area contributed by atoms with Crippen molar-refractivity contribution in [3.05, 3.63) is 50.1 Å². The van der Waals surface area contributed by atoms with E-state index in [4.69, 9.17) is 0 Å². The van der Waals surface area contributed by atoms with Gasteiger partial charge in [-0.15, -0.1) is 11.3 Å². The first-order chi connectivity index (χ1) is 9.38. The molecule has 2 rings (SSSR count). The highest BCUT2D eigenvalue weighted by Gasteiger charge is 2.14. The van der Waals surface area contributed by atoms with Crippen LogP contribution in [0.5, 0.6) is 0 Å². The van der Waals surface area contributed by atoms with Gasteiger partial charge < -0.3 is 0 Å². The molecule has 0 amide bonds. The molecule has 1 aromatic carbocycles. The summed E-state index contributed by atoms with van der Waals surface area (Å²) >= 11 is 5.02. The lowest BCUT2D eigenvalue weighted by molar-refractivity contribution is 0.581. The van der Waals surface area contributed by atoms with Crippen molar-refractivity contribution in [1.29, 1.82) is 0 Å².